The Balaban J connectivity index is 1.62. The van der Waals surface area contributed by atoms with Crippen molar-refractivity contribution in [3.63, 3.8) is 0 Å². The Bertz CT molecular complexity index is 697. The van der Waals surface area contributed by atoms with Crippen LogP contribution in [-0.4, -0.2) is 44.2 Å². The van der Waals surface area contributed by atoms with E-state index < -0.39 is 0 Å². The summed E-state index contributed by atoms with van der Waals surface area (Å²) in [5, 5.41) is 3.48. The Hall–Kier alpha value is -1.79. The minimum atomic E-state index is 0.522. The number of hydrogen-bond acceptors (Lipinski definition) is 3. The van der Waals surface area contributed by atoms with Crippen LogP contribution in [-0.2, 0) is 17.7 Å². The first-order chi connectivity index (χ1) is 12.7. The van der Waals surface area contributed by atoms with E-state index in [9.17, 15) is 0 Å². The van der Waals surface area contributed by atoms with Gasteiger partial charge in [0.15, 0.2) is 5.96 Å². The number of aliphatic imine (C=N–C) groups is 1. The zero-order chi connectivity index (χ0) is 18.2. The number of furan rings is 1. The van der Waals surface area contributed by atoms with E-state index >= 15 is 0 Å². The topological polar surface area (TPSA) is 50.0 Å². The first-order valence-corrected chi connectivity index (χ1v) is 9.84. The molecule has 0 amide bonds. The first kappa shape index (κ1) is 19.0. The van der Waals surface area contributed by atoms with Gasteiger partial charge in [0.05, 0.1) is 12.9 Å². The van der Waals surface area contributed by atoms with Crippen molar-refractivity contribution in [1.82, 2.24) is 10.2 Å². The van der Waals surface area contributed by atoms with E-state index in [1.165, 1.54) is 5.56 Å². The lowest BCUT2D eigenvalue weighted by Crippen LogP contribution is -2.40. The van der Waals surface area contributed by atoms with Crippen molar-refractivity contribution in [1.29, 1.82) is 0 Å². The van der Waals surface area contributed by atoms with Gasteiger partial charge in [0.1, 0.15) is 5.76 Å². The molecule has 2 aromatic rings. The van der Waals surface area contributed by atoms with Crippen molar-refractivity contribution in [2.75, 3.05) is 33.4 Å². The van der Waals surface area contributed by atoms with Gasteiger partial charge in [0.25, 0.3) is 0 Å². The molecular weight excluding hydrogens is 394 g/mol. The van der Waals surface area contributed by atoms with Crippen molar-refractivity contribution in [3.05, 3.63) is 58.5 Å². The molecule has 1 N–H and O–H groups in total. The zero-order valence-electron chi connectivity index (χ0n) is 15.2. The fourth-order valence-electron chi connectivity index (χ4n) is 2.96. The SMILES string of the molecule is CN(Cc1ccccc1Br)C(=NCC1CCOC1)NCCc1ccco1. The summed E-state index contributed by atoms with van der Waals surface area (Å²) in [5.74, 6) is 2.42. The second-order valence-corrected chi connectivity index (χ2v) is 7.45. The van der Waals surface area contributed by atoms with Gasteiger partial charge in [-0.05, 0) is 30.2 Å². The van der Waals surface area contributed by atoms with Crippen LogP contribution in [0.15, 0.2) is 56.5 Å². The lowest BCUT2D eigenvalue weighted by molar-refractivity contribution is 0.187. The molecule has 0 spiro atoms. The van der Waals surface area contributed by atoms with Crippen LogP contribution in [0.5, 0.6) is 0 Å². The maximum absolute atomic E-state index is 5.47. The fourth-order valence-corrected chi connectivity index (χ4v) is 3.37. The molecule has 0 saturated carbocycles. The van der Waals surface area contributed by atoms with Crippen LogP contribution in [0.4, 0.5) is 0 Å². The second kappa shape index (κ2) is 9.78. The Kier molecular flexibility index (Phi) is 7.14. The normalized spacial score (nSPS) is 17.5. The van der Waals surface area contributed by atoms with E-state index in [1.54, 1.807) is 6.26 Å². The van der Waals surface area contributed by atoms with Gasteiger partial charge in [0.2, 0.25) is 0 Å². The Morgan fingerprint density at radius 1 is 1.31 bits per heavy atom. The van der Waals surface area contributed by atoms with Crippen LogP contribution in [0.3, 0.4) is 0 Å². The Morgan fingerprint density at radius 2 is 2.19 bits per heavy atom. The minimum Gasteiger partial charge on any atom is -0.469 e. The molecule has 1 unspecified atom stereocenters. The predicted molar refractivity (Wildman–Crippen MR) is 107 cm³/mol. The number of halogens is 1. The van der Waals surface area contributed by atoms with Crippen molar-refractivity contribution < 1.29 is 9.15 Å². The lowest BCUT2D eigenvalue weighted by Gasteiger charge is -2.23. The monoisotopic (exact) mass is 419 g/mol. The second-order valence-electron chi connectivity index (χ2n) is 6.60. The Morgan fingerprint density at radius 3 is 2.92 bits per heavy atom. The number of nitrogens with zero attached hydrogens (tertiary/aromatic N) is 2. The highest BCUT2D eigenvalue weighted by atomic mass is 79.9. The molecule has 26 heavy (non-hydrogen) atoms. The molecule has 1 aliphatic heterocycles. The van der Waals surface area contributed by atoms with Gasteiger partial charge >= 0.3 is 0 Å². The van der Waals surface area contributed by atoms with E-state index in [0.717, 1.165) is 61.9 Å². The third-order valence-corrected chi connectivity index (χ3v) is 5.26. The molecule has 6 heteroatoms. The molecular formula is C20H26BrN3O2. The zero-order valence-corrected chi connectivity index (χ0v) is 16.7. The van der Waals surface area contributed by atoms with Gasteiger partial charge in [-0.1, -0.05) is 34.1 Å². The quantitative estimate of drug-likeness (QED) is 0.548. The van der Waals surface area contributed by atoms with E-state index in [4.69, 9.17) is 14.1 Å². The van der Waals surface area contributed by atoms with E-state index in [0.29, 0.717) is 5.92 Å². The molecule has 3 rings (SSSR count). The van der Waals surface area contributed by atoms with Gasteiger partial charge in [-0.25, -0.2) is 0 Å². The minimum absolute atomic E-state index is 0.522. The number of nitrogens with one attached hydrogen (secondary N) is 1. The van der Waals surface area contributed by atoms with Crippen LogP contribution < -0.4 is 5.32 Å². The average molecular weight is 420 g/mol. The van der Waals surface area contributed by atoms with Crippen LogP contribution >= 0.6 is 15.9 Å². The van der Waals surface area contributed by atoms with Gasteiger partial charge < -0.3 is 19.4 Å². The van der Waals surface area contributed by atoms with Gasteiger partial charge in [-0.15, -0.1) is 0 Å². The highest BCUT2D eigenvalue weighted by molar-refractivity contribution is 9.10. The smallest absolute Gasteiger partial charge is 0.193 e. The molecule has 140 valence electrons. The number of benzene rings is 1. The van der Waals surface area contributed by atoms with Crippen molar-refractivity contribution in [2.24, 2.45) is 10.9 Å². The maximum Gasteiger partial charge on any atom is 0.193 e. The molecule has 1 aliphatic rings. The number of hydrogen-bond donors (Lipinski definition) is 1. The highest BCUT2D eigenvalue weighted by Gasteiger charge is 2.16. The van der Waals surface area contributed by atoms with E-state index in [-0.39, 0.29) is 0 Å². The maximum atomic E-state index is 5.47. The Labute approximate surface area is 163 Å². The summed E-state index contributed by atoms with van der Waals surface area (Å²) in [6.45, 7) is 4.04. The number of guanidine groups is 1. The van der Waals surface area contributed by atoms with Crippen LogP contribution in [0.25, 0.3) is 0 Å². The number of ether oxygens (including phenoxy) is 1. The molecule has 1 fully saturated rings. The predicted octanol–water partition coefficient (Wildman–Crippen LogP) is 3.70. The van der Waals surface area contributed by atoms with Crippen LogP contribution in [0.1, 0.15) is 17.7 Å². The summed E-state index contributed by atoms with van der Waals surface area (Å²) in [6.07, 6.45) is 3.64. The van der Waals surface area contributed by atoms with E-state index in [1.807, 2.05) is 18.2 Å². The standard InChI is InChI=1S/C20H26BrN3O2/c1-24(14-17-5-2-3-7-19(17)21)20(23-13-16-9-12-25-15-16)22-10-8-18-6-4-11-26-18/h2-7,11,16H,8-10,12-15H2,1H3,(H,22,23). The molecule has 0 bridgehead atoms. The van der Waals surface area contributed by atoms with Gasteiger partial charge in [-0.2, -0.15) is 0 Å². The molecule has 0 radical (unpaired) electrons. The first-order valence-electron chi connectivity index (χ1n) is 9.05. The summed E-state index contributed by atoms with van der Waals surface area (Å²) < 4.78 is 12.0. The van der Waals surface area contributed by atoms with Crippen molar-refractivity contribution in [2.45, 2.75) is 19.4 Å². The molecule has 1 aromatic carbocycles. The van der Waals surface area contributed by atoms with Crippen LogP contribution in [0.2, 0.25) is 0 Å². The summed E-state index contributed by atoms with van der Waals surface area (Å²) in [6, 6.07) is 12.2. The largest absolute Gasteiger partial charge is 0.469 e. The van der Waals surface area contributed by atoms with E-state index in [2.05, 4.69) is 51.4 Å². The summed E-state index contributed by atoms with van der Waals surface area (Å²) in [4.78, 5) is 7.02. The summed E-state index contributed by atoms with van der Waals surface area (Å²) in [5.41, 5.74) is 1.24. The summed E-state index contributed by atoms with van der Waals surface area (Å²) in [7, 11) is 2.07. The highest BCUT2D eigenvalue weighted by Crippen LogP contribution is 2.18. The third-order valence-electron chi connectivity index (χ3n) is 4.48. The lowest BCUT2D eigenvalue weighted by atomic mass is 10.1. The molecule has 1 atom stereocenters. The summed E-state index contributed by atoms with van der Waals surface area (Å²) >= 11 is 3.63. The molecule has 0 aliphatic carbocycles. The molecule has 1 aromatic heterocycles. The molecule has 1 saturated heterocycles. The molecule has 2 heterocycles. The van der Waals surface area contributed by atoms with Crippen molar-refractivity contribution >= 4 is 21.9 Å². The molecule has 5 nitrogen and oxygen atoms in total. The van der Waals surface area contributed by atoms with Crippen LogP contribution in [0, 0.1) is 5.92 Å². The van der Waals surface area contributed by atoms with Gasteiger partial charge in [-0.3, -0.25) is 4.99 Å². The third kappa shape index (κ3) is 5.61. The van der Waals surface area contributed by atoms with Crippen molar-refractivity contribution in [3.8, 4) is 0 Å². The average Bonchev–Trinajstić information content (AvgIpc) is 3.33. The number of rotatable bonds is 7. The fraction of sp³-hybridized carbons (Fsp3) is 0.450. The van der Waals surface area contributed by atoms with Gasteiger partial charge in [0, 0.05) is 50.1 Å².